The number of carbonyl (C=O) groups is 1. The Labute approximate surface area is 73.4 Å². The standard InChI is InChI=1S/C7H15NO2.ClH/c1-3-5(2)6(8)4-7(9)10;/h5-6H,3-4,8H2,1-2H3,(H,9,10);1H/t5-,6+;/m0./s1. The highest BCUT2D eigenvalue weighted by molar-refractivity contribution is 5.85. The SMILES string of the molecule is CC[C@H](C)[C@H](N)CC(=O)O.Cl. The Morgan fingerprint density at radius 1 is 1.64 bits per heavy atom. The maximum atomic E-state index is 10.2. The van der Waals surface area contributed by atoms with E-state index in [4.69, 9.17) is 10.8 Å². The van der Waals surface area contributed by atoms with Crippen LogP contribution in [0.3, 0.4) is 0 Å². The van der Waals surface area contributed by atoms with Gasteiger partial charge in [0.1, 0.15) is 0 Å². The van der Waals surface area contributed by atoms with Gasteiger partial charge in [-0.2, -0.15) is 0 Å². The molecular weight excluding hydrogens is 166 g/mol. The van der Waals surface area contributed by atoms with E-state index in [1.807, 2.05) is 13.8 Å². The molecule has 0 aromatic rings. The summed E-state index contributed by atoms with van der Waals surface area (Å²) in [5.74, 6) is -0.510. The van der Waals surface area contributed by atoms with Crippen LogP contribution in [-0.4, -0.2) is 17.1 Å². The predicted octanol–water partition coefficient (Wildman–Crippen LogP) is 1.26. The lowest BCUT2D eigenvalue weighted by Gasteiger charge is -2.15. The van der Waals surface area contributed by atoms with Crippen molar-refractivity contribution in [3.63, 3.8) is 0 Å². The molecule has 0 amide bonds. The van der Waals surface area contributed by atoms with Gasteiger partial charge in [0.05, 0.1) is 6.42 Å². The molecule has 0 heterocycles. The zero-order chi connectivity index (χ0) is 8.15. The van der Waals surface area contributed by atoms with Gasteiger partial charge in [-0.1, -0.05) is 20.3 Å². The van der Waals surface area contributed by atoms with Gasteiger partial charge >= 0.3 is 5.97 Å². The molecule has 0 rings (SSSR count). The number of nitrogens with two attached hydrogens (primary N) is 1. The number of halogens is 1. The Hall–Kier alpha value is -0.280. The number of hydrogen-bond acceptors (Lipinski definition) is 2. The summed E-state index contributed by atoms with van der Waals surface area (Å²) in [6.07, 6.45) is 1.02. The maximum absolute atomic E-state index is 10.2. The van der Waals surface area contributed by atoms with Crippen LogP contribution in [0.4, 0.5) is 0 Å². The van der Waals surface area contributed by atoms with Gasteiger partial charge in [0.25, 0.3) is 0 Å². The molecule has 0 unspecified atom stereocenters. The smallest absolute Gasteiger partial charge is 0.304 e. The zero-order valence-electron chi connectivity index (χ0n) is 6.91. The van der Waals surface area contributed by atoms with E-state index in [-0.39, 0.29) is 24.9 Å². The van der Waals surface area contributed by atoms with E-state index >= 15 is 0 Å². The summed E-state index contributed by atoms with van der Waals surface area (Å²) < 4.78 is 0. The first-order chi connectivity index (χ1) is 4.57. The Morgan fingerprint density at radius 3 is 2.36 bits per heavy atom. The third-order valence-corrected chi connectivity index (χ3v) is 1.79. The average molecular weight is 182 g/mol. The number of hydrogen-bond donors (Lipinski definition) is 2. The lowest BCUT2D eigenvalue weighted by atomic mass is 9.98. The normalized spacial score (nSPS) is 14.8. The largest absolute Gasteiger partial charge is 0.481 e. The van der Waals surface area contributed by atoms with Crippen molar-refractivity contribution in [3.05, 3.63) is 0 Å². The minimum atomic E-state index is -0.812. The van der Waals surface area contributed by atoms with Gasteiger partial charge in [-0.25, -0.2) is 0 Å². The summed E-state index contributed by atoms with van der Waals surface area (Å²) in [7, 11) is 0. The van der Waals surface area contributed by atoms with Crippen molar-refractivity contribution < 1.29 is 9.90 Å². The summed E-state index contributed by atoms with van der Waals surface area (Å²) in [6.45, 7) is 3.97. The highest BCUT2D eigenvalue weighted by atomic mass is 35.5. The fourth-order valence-electron chi connectivity index (χ4n) is 0.706. The van der Waals surface area contributed by atoms with Crippen LogP contribution in [0.2, 0.25) is 0 Å². The monoisotopic (exact) mass is 181 g/mol. The van der Waals surface area contributed by atoms with Crippen molar-refractivity contribution in [1.82, 2.24) is 0 Å². The molecular formula is C7H16ClNO2. The summed E-state index contributed by atoms with van der Waals surface area (Å²) in [6, 6.07) is -0.192. The molecule has 0 aliphatic rings. The van der Waals surface area contributed by atoms with E-state index < -0.39 is 5.97 Å². The molecule has 0 bridgehead atoms. The van der Waals surface area contributed by atoms with Crippen LogP contribution in [0.1, 0.15) is 26.7 Å². The second kappa shape index (κ2) is 6.43. The lowest BCUT2D eigenvalue weighted by molar-refractivity contribution is -0.137. The quantitative estimate of drug-likeness (QED) is 0.687. The number of carboxylic acids is 1. The van der Waals surface area contributed by atoms with Gasteiger partial charge < -0.3 is 10.8 Å². The van der Waals surface area contributed by atoms with Crippen LogP contribution in [0.15, 0.2) is 0 Å². The molecule has 0 aliphatic heterocycles. The van der Waals surface area contributed by atoms with Crippen LogP contribution < -0.4 is 5.73 Å². The molecule has 68 valence electrons. The van der Waals surface area contributed by atoms with E-state index in [0.29, 0.717) is 5.92 Å². The van der Waals surface area contributed by atoms with Gasteiger partial charge in [0.2, 0.25) is 0 Å². The minimum Gasteiger partial charge on any atom is -0.481 e. The van der Waals surface area contributed by atoms with Gasteiger partial charge in [0.15, 0.2) is 0 Å². The van der Waals surface area contributed by atoms with Gasteiger partial charge in [-0.05, 0) is 5.92 Å². The van der Waals surface area contributed by atoms with Crippen molar-refractivity contribution in [2.75, 3.05) is 0 Å². The van der Waals surface area contributed by atoms with E-state index in [0.717, 1.165) is 6.42 Å². The molecule has 0 aliphatic carbocycles. The summed E-state index contributed by atoms with van der Waals surface area (Å²) in [5, 5.41) is 8.35. The van der Waals surface area contributed by atoms with Crippen LogP contribution in [0.5, 0.6) is 0 Å². The Kier molecular flexibility index (Phi) is 7.79. The molecule has 0 saturated heterocycles. The summed E-state index contributed by atoms with van der Waals surface area (Å²) in [4.78, 5) is 10.2. The molecule has 0 radical (unpaired) electrons. The molecule has 11 heavy (non-hydrogen) atoms. The predicted molar refractivity (Wildman–Crippen MR) is 46.9 cm³/mol. The number of rotatable bonds is 4. The minimum absolute atomic E-state index is 0. The topological polar surface area (TPSA) is 63.3 Å². The Morgan fingerprint density at radius 2 is 2.09 bits per heavy atom. The van der Waals surface area contributed by atoms with Crippen molar-refractivity contribution in [3.8, 4) is 0 Å². The molecule has 2 atom stereocenters. The van der Waals surface area contributed by atoms with E-state index in [2.05, 4.69) is 0 Å². The van der Waals surface area contributed by atoms with Gasteiger partial charge in [-0.3, -0.25) is 4.79 Å². The number of carboxylic acid groups (broad SMARTS) is 1. The fraction of sp³-hybridized carbons (Fsp3) is 0.857. The second-order valence-corrected chi connectivity index (χ2v) is 2.65. The number of aliphatic carboxylic acids is 1. The maximum Gasteiger partial charge on any atom is 0.304 e. The molecule has 0 aromatic carbocycles. The first-order valence-electron chi connectivity index (χ1n) is 3.55. The highest BCUT2D eigenvalue weighted by Gasteiger charge is 2.13. The van der Waals surface area contributed by atoms with Crippen molar-refractivity contribution in [2.45, 2.75) is 32.7 Å². The van der Waals surface area contributed by atoms with E-state index in [1.165, 1.54) is 0 Å². The van der Waals surface area contributed by atoms with Crippen LogP contribution in [0.25, 0.3) is 0 Å². The first kappa shape index (κ1) is 13.3. The molecule has 3 nitrogen and oxygen atoms in total. The molecule has 0 fully saturated rings. The van der Waals surface area contributed by atoms with Crippen LogP contribution in [0, 0.1) is 5.92 Å². The average Bonchev–Trinajstić information content (AvgIpc) is 1.85. The Balaban J connectivity index is 0. The summed E-state index contributed by atoms with van der Waals surface area (Å²) >= 11 is 0. The fourth-order valence-corrected chi connectivity index (χ4v) is 0.706. The van der Waals surface area contributed by atoms with E-state index in [1.54, 1.807) is 0 Å². The summed E-state index contributed by atoms with van der Waals surface area (Å²) in [5.41, 5.74) is 5.55. The highest BCUT2D eigenvalue weighted by Crippen LogP contribution is 2.07. The third kappa shape index (κ3) is 6.13. The van der Waals surface area contributed by atoms with Crippen molar-refractivity contribution >= 4 is 18.4 Å². The molecule has 0 spiro atoms. The van der Waals surface area contributed by atoms with Gasteiger partial charge in [-0.15, -0.1) is 12.4 Å². The third-order valence-electron chi connectivity index (χ3n) is 1.79. The Bertz CT molecular complexity index is 119. The second-order valence-electron chi connectivity index (χ2n) is 2.65. The molecule has 0 saturated carbocycles. The lowest BCUT2D eigenvalue weighted by Crippen LogP contribution is -2.30. The first-order valence-corrected chi connectivity index (χ1v) is 3.55. The zero-order valence-corrected chi connectivity index (χ0v) is 7.73. The molecule has 3 N–H and O–H groups in total. The van der Waals surface area contributed by atoms with Gasteiger partial charge in [0, 0.05) is 6.04 Å². The van der Waals surface area contributed by atoms with Crippen molar-refractivity contribution in [1.29, 1.82) is 0 Å². The van der Waals surface area contributed by atoms with Crippen LogP contribution >= 0.6 is 12.4 Å². The molecule has 4 heteroatoms. The van der Waals surface area contributed by atoms with Crippen molar-refractivity contribution in [2.24, 2.45) is 11.7 Å². The molecule has 0 aromatic heterocycles. The van der Waals surface area contributed by atoms with E-state index in [9.17, 15) is 4.79 Å². The van der Waals surface area contributed by atoms with Crippen LogP contribution in [-0.2, 0) is 4.79 Å².